The molecular weight excluding hydrogens is 518 g/mol. The van der Waals surface area contributed by atoms with E-state index in [1.807, 2.05) is 6.92 Å². The third-order valence-electron chi connectivity index (χ3n) is 6.65. The van der Waals surface area contributed by atoms with Crippen LogP contribution in [0.4, 0.5) is 16.8 Å². The SMILES string of the molecule is Cc1nc(Nc2cccc(NS(C)(=O)=O)n2)sc1-c1cc2c(c(S(C)(=O)=O)c1)CN([C@@H](C)C1CC1)C2. The minimum absolute atomic E-state index is 0.206. The fourth-order valence-corrected chi connectivity index (χ4v) is 7.14. The lowest BCUT2D eigenvalue weighted by Gasteiger charge is -2.23. The number of thiazole rings is 1. The molecule has 0 saturated heterocycles. The Morgan fingerprint density at radius 3 is 2.44 bits per heavy atom. The number of benzene rings is 1. The number of aryl methyl sites for hydroxylation is 1. The Morgan fingerprint density at radius 2 is 1.78 bits per heavy atom. The highest BCUT2D eigenvalue weighted by Gasteiger charge is 2.36. The van der Waals surface area contributed by atoms with Crippen molar-refractivity contribution in [1.29, 1.82) is 0 Å². The van der Waals surface area contributed by atoms with Crippen molar-refractivity contribution in [2.24, 2.45) is 5.92 Å². The molecular formula is C24H29N5O4S3. The first-order valence-corrected chi connectivity index (χ1v) is 16.3. The number of aromatic nitrogens is 2. The number of nitrogens with zero attached hydrogens (tertiary/aromatic N) is 3. The van der Waals surface area contributed by atoms with E-state index in [4.69, 9.17) is 0 Å². The Kier molecular flexibility index (Phi) is 6.34. The van der Waals surface area contributed by atoms with Gasteiger partial charge in [-0.2, -0.15) is 0 Å². The molecule has 9 nitrogen and oxygen atoms in total. The van der Waals surface area contributed by atoms with Gasteiger partial charge in [0, 0.05) is 25.4 Å². The molecule has 0 bridgehead atoms. The Labute approximate surface area is 216 Å². The van der Waals surface area contributed by atoms with Crippen LogP contribution in [0.1, 0.15) is 36.6 Å². The predicted octanol–water partition coefficient (Wildman–Crippen LogP) is 4.15. The molecule has 1 aromatic carbocycles. The van der Waals surface area contributed by atoms with E-state index in [0.29, 0.717) is 34.3 Å². The molecule has 1 aliphatic heterocycles. The summed E-state index contributed by atoms with van der Waals surface area (Å²) < 4.78 is 50.9. The molecule has 2 N–H and O–H groups in total. The summed E-state index contributed by atoms with van der Waals surface area (Å²) >= 11 is 1.40. The number of sulfone groups is 1. The smallest absolute Gasteiger partial charge is 0.230 e. The second-order valence-corrected chi connectivity index (χ2v) is 14.4. The lowest BCUT2D eigenvalue weighted by molar-refractivity contribution is 0.192. The highest BCUT2D eigenvalue weighted by molar-refractivity contribution is 7.92. The number of hydrogen-bond donors (Lipinski definition) is 2. The van der Waals surface area contributed by atoms with Crippen LogP contribution in [0.15, 0.2) is 35.2 Å². The molecule has 0 unspecified atom stereocenters. The molecule has 2 aliphatic rings. The normalized spacial score (nSPS) is 17.1. The van der Waals surface area contributed by atoms with Crippen molar-refractivity contribution in [1.82, 2.24) is 14.9 Å². The van der Waals surface area contributed by atoms with E-state index in [1.165, 1.54) is 30.4 Å². The van der Waals surface area contributed by atoms with Crippen molar-refractivity contribution in [2.45, 2.75) is 50.7 Å². The minimum atomic E-state index is -3.44. The number of anilines is 3. The van der Waals surface area contributed by atoms with Crippen LogP contribution in [0.25, 0.3) is 10.4 Å². The zero-order valence-corrected chi connectivity index (χ0v) is 23.0. The molecule has 192 valence electrons. The quantitative estimate of drug-likeness (QED) is 0.432. The fraction of sp³-hybridized carbons (Fsp3) is 0.417. The number of hydrogen-bond acceptors (Lipinski definition) is 9. The van der Waals surface area contributed by atoms with Crippen LogP contribution in [0, 0.1) is 12.8 Å². The monoisotopic (exact) mass is 547 g/mol. The molecule has 0 spiro atoms. The Hall–Kier alpha value is -2.54. The molecule has 2 aromatic heterocycles. The van der Waals surface area contributed by atoms with E-state index in [9.17, 15) is 16.8 Å². The Morgan fingerprint density at radius 1 is 1.06 bits per heavy atom. The van der Waals surface area contributed by atoms with Gasteiger partial charge in [0.25, 0.3) is 0 Å². The highest BCUT2D eigenvalue weighted by Crippen LogP contribution is 2.42. The molecule has 12 heteroatoms. The lowest BCUT2D eigenvalue weighted by atomic mass is 10.0. The summed E-state index contributed by atoms with van der Waals surface area (Å²) in [7, 11) is -6.85. The van der Waals surface area contributed by atoms with Gasteiger partial charge in [0.1, 0.15) is 11.6 Å². The van der Waals surface area contributed by atoms with Gasteiger partial charge in [0.05, 0.1) is 21.7 Å². The summed E-state index contributed by atoms with van der Waals surface area (Å²) in [6.45, 7) is 5.54. The van der Waals surface area contributed by atoms with Crippen molar-refractivity contribution in [2.75, 3.05) is 22.6 Å². The molecule has 0 amide bonds. The highest BCUT2D eigenvalue weighted by atomic mass is 32.2. The molecule has 1 saturated carbocycles. The van der Waals surface area contributed by atoms with Crippen LogP contribution in [0.5, 0.6) is 0 Å². The summed E-state index contributed by atoms with van der Waals surface area (Å²) in [5, 5.41) is 3.72. The summed E-state index contributed by atoms with van der Waals surface area (Å²) in [5.41, 5.74) is 3.57. The zero-order valence-electron chi connectivity index (χ0n) is 20.6. The first-order valence-electron chi connectivity index (χ1n) is 11.7. The fourth-order valence-electron chi connectivity index (χ4n) is 4.71. The van der Waals surface area contributed by atoms with Crippen LogP contribution >= 0.6 is 11.3 Å². The van der Waals surface area contributed by atoms with Gasteiger partial charge in [-0.1, -0.05) is 17.4 Å². The van der Waals surface area contributed by atoms with Gasteiger partial charge in [-0.15, -0.1) is 0 Å². The Bertz CT molecular complexity index is 1550. The van der Waals surface area contributed by atoms with Gasteiger partial charge >= 0.3 is 0 Å². The van der Waals surface area contributed by atoms with Gasteiger partial charge in [-0.25, -0.2) is 26.8 Å². The lowest BCUT2D eigenvalue weighted by Crippen LogP contribution is -2.29. The van der Waals surface area contributed by atoms with Crippen molar-refractivity contribution in [3.8, 4) is 10.4 Å². The maximum atomic E-state index is 12.8. The van der Waals surface area contributed by atoms with Crippen molar-refractivity contribution in [3.63, 3.8) is 0 Å². The third kappa shape index (κ3) is 5.41. The maximum absolute atomic E-state index is 12.8. The first-order chi connectivity index (χ1) is 16.9. The average molecular weight is 548 g/mol. The van der Waals surface area contributed by atoms with Crippen molar-refractivity contribution in [3.05, 3.63) is 47.2 Å². The predicted molar refractivity (Wildman–Crippen MR) is 143 cm³/mol. The molecule has 3 heterocycles. The van der Waals surface area contributed by atoms with Crippen molar-refractivity contribution < 1.29 is 16.8 Å². The first kappa shape index (κ1) is 25.1. The van der Waals surface area contributed by atoms with Gasteiger partial charge in [0.2, 0.25) is 10.0 Å². The summed E-state index contributed by atoms with van der Waals surface area (Å²) in [5.74, 6) is 1.36. The standard InChI is InChI=1S/C24H29N5O4S3/c1-14-23(34-24(25-14)27-21-6-5-7-22(26-21)28-36(4,32)33)17-10-18-12-29(15(2)16-8-9-16)13-19(18)20(11-17)35(3,30)31/h5-7,10-11,15-16H,8-9,12-13H2,1-4H3,(H2,25,26,27,28)/t15-/m0/s1. The second-order valence-electron chi connectivity index (χ2n) is 9.71. The van der Waals surface area contributed by atoms with Crippen LogP contribution in [0.2, 0.25) is 0 Å². The minimum Gasteiger partial charge on any atom is -0.316 e. The van der Waals surface area contributed by atoms with Crippen molar-refractivity contribution >= 4 is 48.0 Å². The summed E-state index contributed by atoms with van der Waals surface area (Å²) in [6.07, 6.45) is 4.83. The van der Waals surface area contributed by atoms with Crippen LogP contribution in [0.3, 0.4) is 0 Å². The van der Waals surface area contributed by atoms with Gasteiger partial charge in [0.15, 0.2) is 15.0 Å². The van der Waals surface area contributed by atoms with E-state index in [-0.39, 0.29) is 5.82 Å². The van der Waals surface area contributed by atoms with Crippen LogP contribution in [-0.2, 0) is 33.0 Å². The molecule has 3 aromatic rings. The van der Waals surface area contributed by atoms with E-state index in [0.717, 1.165) is 40.1 Å². The van der Waals surface area contributed by atoms with Gasteiger partial charge in [-0.05, 0) is 73.6 Å². The number of rotatable bonds is 8. The van der Waals surface area contributed by atoms with E-state index >= 15 is 0 Å². The molecule has 1 fully saturated rings. The topological polar surface area (TPSA) is 121 Å². The number of sulfonamides is 1. The van der Waals surface area contributed by atoms with E-state index < -0.39 is 19.9 Å². The number of nitrogens with one attached hydrogen (secondary N) is 2. The largest absolute Gasteiger partial charge is 0.316 e. The molecule has 1 aliphatic carbocycles. The summed E-state index contributed by atoms with van der Waals surface area (Å²) in [4.78, 5) is 12.6. The maximum Gasteiger partial charge on any atom is 0.230 e. The second kappa shape index (κ2) is 9.09. The third-order valence-corrected chi connectivity index (χ3v) is 9.51. The molecule has 1 atom stereocenters. The van der Waals surface area contributed by atoms with Crippen LogP contribution < -0.4 is 10.0 Å². The number of fused-ring (bicyclic) bond motifs is 1. The van der Waals surface area contributed by atoms with E-state index in [1.54, 1.807) is 24.3 Å². The van der Waals surface area contributed by atoms with Gasteiger partial charge < -0.3 is 5.32 Å². The number of pyridine rings is 1. The van der Waals surface area contributed by atoms with E-state index in [2.05, 4.69) is 37.9 Å². The van der Waals surface area contributed by atoms with Crippen LogP contribution in [-0.4, -0.2) is 50.3 Å². The molecule has 5 rings (SSSR count). The summed E-state index contributed by atoms with van der Waals surface area (Å²) in [6, 6.07) is 9.29. The molecule has 0 radical (unpaired) electrons. The Balaban J connectivity index is 1.46. The van der Waals surface area contributed by atoms with Gasteiger partial charge in [-0.3, -0.25) is 9.62 Å². The zero-order chi connectivity index (χ0) is 25.8. The average Bonchev–Trinajstić information content (AvgIpc) is 3.42. The molecule has 36 heavy (non-hydrogen) atoms.